The van der Waals surface area contributed by atoms with Gasteiger partial charge in [-0.1, -0.05) is 12.0 Å². The normalized spacial score (nSPS) is 12.8. The van der Waals surface area contributed by atoms with Gasteiger partial charge in [-0.05, 0) is 41.0 Å². The Morgan fingerprint density at radius 2 is 1.76 bits per heavy atom. The van der Waals surface area contributed by atoms with Gasteiger partial charge in [0.2, 0.25) is 5.89 Å². The largest absolute Gasteiger partial charge is 0.407 e. The first-order valence-electron chi connectivity index (χ1n) is 6.07. The summed E-state index contributed by atoms with van der Waals surface area (Å²) >= 11 is 0. The van der Waals surface area contributed by atoms with Gasteiger partial charge < -0.3 is 15.1 Å². The summed E-state index contributed by atoms with van der Waals surface area (Å²) in [5.41, 5.74) is 0.0199. The van der Waals surface area contributed by atoms with Crippen molar-refractivity contribution in [1.29, 1.82) is 0 Å². The van der Waals surface area contributed by atoms with E-state index < -0.39 is 0 Å². The first-order valence-corrected chi connectivity index (χ1v) is 6.07. The van der Waals surface area contributed by atoms with Gasteiger partial charge >= 0.3 is 6.01 Å². The third-order valence-electron chi connectivity index (χ3n) is 2.57. The van der Waals surface area contributed by atoms with Gasteiger partial charge in [-0.25, -0.2) is 0 Å². The zero-order valence-electron chi connectivity index (χ0n) is 11.7. The van der Waals surface area contributed by atoms with Crippen LogP contribution in [-0.2, 0) is 6.54 Å². The lowest BCUT2D eigenvalue weighted by molar-refractivity contribution is 0.381. The number of anilines is 1. The second kappa shape index (κ2) is 5.04. The molecule has 2 N–H and O–H groups in total. The van der Waals surface area contributed by atoms with Gasteiger partial charge in [0.05, 0.1) is 6.54 Å². The molecule has 0 fully saturated rings. The van der Waals surface area contributed by atoms with Crippen LogP contribution in [0.3, 0.4) is 0 Å². The Kier molecular flexibility index (Phi) is 4.14. The van der Waals surface area contributed by atoms with Crippen molar-refractivity contribution in [2.24, 2.45) is 0 Å². The monoisotopic (exact) mass is 240 g/mol. The van der Waals surface area contributed by atoms with Crippen LogP contribution in [0, 0.1) is 0 Å². The average molecular weight is 240 g/mol. The van der Waals surface area contributed by atoms with E-state index >= 15 is 0 Å². The molecule has 0 aliphatic heterocycles. The molecule has 0 aliphatic rings. The van der Waals surface area contributed by atoms with Crippen LogP contribution in [0.5, 0.6) is 0 Å². The van der Waals surface area contributed by atoms with E-state index in [0.29, 0.717) is 18.5 Å². The van der Waals surface area contributed by atoms with E-state index in [4.69, 9.17) is 4.42 Å². The molecule has 17 heavy (non-hydrogen) atoms. The van der Waals surface area contributed by atoms with Crippen molar-refractivity contribution < 1.29 is 4.42 Å². The second-order valence-corrected chi connectivity index (χ2v) is 5.97. The second-order valence-electron chi connectivity index (χ2n) is 5.97. The Bertz CT molecular complexity index is 352. The summed E-state index contributed by atoms with van der Waals surface area (Å²) in [6.45, 7) is 13.2. The molecule has 0 aromatic carbocycles. The van der Waals surface area contributed by atoms with E-state index in [1.807, 2.05) is 0 Å². The Balaban J connectivity index is 2.54. The van der Waals surface area contributed by atoms with Crippen molar-refractivity contribution >= 4 is 6.01 Å². The number of hydrogen-bond donors (Lipinski definition) is 2. The molecule has 1 aromatic heterocycles. The minimum Gasteiger partial charge on any atom is -0.407 e. The third kappa shape index (κ3) is 5.17. The summed E-state index contributed by atoms with van der Waals surface area (Å²) in [4.78, 5) is 0. The van der Waals surface area contributed by atoms with Crippen LogP contribution < -0.4 is 10.6 Å². The van der Waals surface area contributed by atoms with E-state index in [2.05, 4.69) is 62.4 Å². The Morgan fingerprint density at radius 1 is 1.12 bits per heavy atom. The third-order valence-corrected chi connectivity index (χ3v) is 2.57. The lowest BCUT2D eigenvalue weighted by Crippen LogP contribution is -2.35. The fraction of sp³-hybridized carbons (Fsp3) is 0.833. The number of nitrogens with zero attached hydrogens (tertiary/aromatic N) is 2. The molecule has 0 unspecified atom stereocenters. The van der Waals surface area contributed by atoms with Gasteiger partial charge in [0.15, 0.2) is 0 Å². The fourth-order valence-electron chi connectivity index (χ4n) is 1.09. The predicted molar refractivity (Wildman–Crippen MR) is 68.9 cm³/mol. The Morgan fingerprint density at radius 3 is 2.29 bits per heavy atom. The highest BCUT2D eigenvalue weighted by molar-refractivity contribution is 5.22. The van der Waals surface area contributed by atoms with Gasteiger partial charge in [0, 0.05) is 11.1 Å². The molecule has 0 aliphatic carbocycles. The SMILES string of the molecule is CCC(C)(C)Nc1nnc(CNC(C)(C)C)o1. The number of nitrogens with one attached hydrogen (secondary N) is 2. The lowest BCUT2D eigenvalue weighted by atomic mass is 10.0. The quantitative estimate of drug-likeness (QED) is 0.828. The van der Waals surface area contributed by atoms with Crippen LogP contribution >= 0.6 is 0 Å². The molecule has 0 radical (unpaired) electrons. The molecule has 1 rings (SSSR count). The highest BCUT2D eigenvalue weighted by atomic mass is 16.4. The molecule has 98 valence electrons. The predicted octanol–water partition coefficient (Wildman–Crippen LogP) is 2.56. The van der Waals surface area contributed by atoms with E-state index in [1.165, 1.54) is 0 Å². The number of rotatable bonds is 5. The number of aromatic nitrogens is 2. The van der Waals surface area contributed by atoms with Crippen LogP contribution in [-0.4, -0.2) is 21.3 Å². The molecular weight excluding hydrogens is 216 g/mol. The van der Waals surface area contributed by atoms with Crippen molar-refractivity contribution in [2.45, 2.75) is 65.6 Å². The molecule has 1 aromatic rings. The Labute approximate surface area is 103 Å². The molecule has 1 heterocycles. The van der Waals surface area contributed by atoms with Crippen LogP contribution in [0.4, 0.5) is 6.01 Å². The van der Waals surface area contributed by atoms with Gasteiger partial charge in [-0.15, -0.1) is 5.10 Å². The highest BCUT2D eigenvalue weighted by Gasteiger charge is 2.18. The highest BCUT2D eigenvalue weighted by Crippen LogP contribution is 2.16. The molecule has 0 spiro atoms. The molecule has 0 saturated heterocycles. The van der Waals surface area contributed by atoms with E-state index in [0.717, 1.165) is 6.42 Å². The molecular formula is C12H24N4O. The maximum atomic E-state index is 5.52. The van der Waals surface area contributed by atoms with Gasteiger partial charge in [0.1, 0.15) is 0 Å². The maximum absolute atomic E-state index is 5.52. The summed E-state index contributed by atoms with van der Waals surface area (Å²) in [6, 6.07) is 0.488. The van der Waals surface area contributed by atoms with Crippen LogP contribution in [0.1, 0.15) is 53.9 Å². The summed E-state index contributed by atoms with van der Waals surface area (Å²) in [5.74, 6) is 0.606. The smallest absolute Gasteiger partial charge is 0.315 e. The van der Waals surface area contributed by atoms with Crippen molar-refractivity contribution in [2.75, 3.05) is 5.32 Å². The lowest BCUT2D eigenvalue weighted by Gasteiger charge is -2.22. The first kappa shape index (κ1) is 14.0. The molecule has 0 saturated carbocycles. The zero-order valence-corrected chi connectivity index (χ0v) is 11.7. The van der Waals surface area contributed by atoms with E-state index in [9.17, 15) is 0 Å². The topological polar surface area (TPSA) is 63.0 Å². The first-order chi connectivity index (χ1) is 7.72. The maximum Gasteiger partial charge on any atom is 0.315 e. The summed E-state index contributed by atoms with van der Waals surface area (Å²) in [5, 5.41) is 14.5. The van der Waals surface area contributed by atoms with Crippen molar-refractivity contribution in [3.63, 3.8) is 0 Å². The number of hydrogen-bond acceptors (Lipinski definition) is 5. The van der Waals surface area contributed by atoms with Crippen LogP contribution in [0.25, 0.3) is 0 Å². The minimum absolute atomic E-state index is 0.0265. The molecule has 0 bridgehead atoms. The Hall–Kier alpha value is -1.10. The van der Waals surface area contributed by atoms with Crippen molar-refractivity contribution in [3.05, 3.63) is 5.89 Å². The molecule has 5 heteroatoms. The van der Waals surface area contributed by atoms with E-state index in [1.54, 1.807) is 0 Å². The molecule has 0 atom stereocenters. The average Bonchev–Trinajstić information content (AvgIpc) is 2.61. The molecule has 0 amide bonds. The summed E-state index contributed by atoms with van der Waals surface area (Å²) < 4.78 is 5.52. The summed E-state index contributed by atoms with van der Waals surface area (Å²) in [6.07, 6.45) is 0.991. The van der Waals surface area contributed by atoms with Gasteiger partial charge in [-0.2, -0.15) is 0 Å². The standard InChI is InChI=1S/C12H24N4O/c1-7-12(5,6)14-10-16-15-9(17-10)8-13-11(2,3)4/h13H,7-8H2,1-6H3,(H,14,16). The van der Waals surface area contributed by atoms with Gasteiger partial charge in [0.25, 0.3) is 0 Å². The van der Waals surface area contributed by atoms with E-state index in [-0.39, 0.29) is 11.1 Å². The summed E-state index contributed by atoms with van der Waals surface area (Å²) in [7, 11) is 0. The fourth-order valence-corrected chi connectivity index (χ4v) is 1.09. The zero-order chi connectivity index (χ0) is 13.1. The van der Waals surface area contributed by atoms with Crippen molar-refractivity contribution in [3.8, 4) is 0 Å². The van der Waals surface area contributed by atoms with Crippen molar-refractivity contribution in [1.82, 2.24) is 15.5 Å². The molecule has 5 nitrogen and oxygen atoms in total. The van der Waals surface area contributed by atoms with Crippen LogP contribution in [0.2, 0.25) is 0 Å². The van der Waals surface area contributed by atoms with Crippen LogP contribution in [0.15, 0.2) is 4.42 Å². The van der Waals surface area contributed by atoms with Gasteiger partial charge in [-0.3, -0.25) is 0 Å². The minimum atomic E-state index is -0.0265.